The van der Waals surface area contributed by atoms with Gasteiger partial charge in [0.15, 0.2) is 0 Å². The van der Waals surface area contributed by atoms with Crippen molar-refractivity contribution in [2.45, 2.75) is 17.9 Å². The first-order chi connectivity index (χ1) is 8.34. The van der Waals surface area contributed by atoms with E-state index >= 15 is 0 Å². The molecule has 1 aliphatic rings. The topological polar surface area (TPSA) is 16.1 Å². The van der Waals surface area contributed by atoms with E-state index in [0.717, 1.165) is 5.03 Å². The Balaban J connectivity index is 1.55. The number of unbranched alkanes of at least 4 members (excludes halogenated alkanes) is 1. The highest BCUT2D eigenvalue weighted by Crippen LogP contribution is 2.18. The van der Waals surface area contributed by atoms with Crippen molar-refractivity contribution in [3.05, 3.63) is 21.9 Å². The van der Waals surface area contributed by atoms with Gasteiger partial charge >= 0.3 is 0 Å². The van der Waals surface area contributed by atoms with E-state index in [4.69, 9.17) is 0 Å². The molecule has 1 aromatic heterocycles. The Bertz CT molecular complexity index is 326. The highest BCUT2D eigenvalue weighted by Gasteiger charge is 2.10. The molecule has 0 unspecified atom stereocenters. The first-order valence-corrected chi connectivity index (χ1v) is 9.11. The number of nitrogens with zero attached hydrogens (tertiary/aromatic N) is 2. The van der Waals surface area contributed by atoms with Gasteiger partial charge in [-0.15, -0.1) is 23.5 Å². The van der Waals surface area contributed by atoms with Crippen LogP contribution in [0.2, 0.25) is 0 Å². The third-order valence-electron chi connectivity index (χ3n) is 2.64. The molecule has 17 heavy (non-hydrogen) atoms. The zero-order valence-electron chi connectivity index (χ0n) is 9.77. The second kappa shape index (κ2) is 7.86. The molecule has 1 fully saturated rings. The maximum atomic E-state index is 4.40. The predicted octanol–water partition coefficient (Wildman–Crippen LogP) is 3.56. The summed E-state index contributed by atoms with van der Waals surface area (Å²) in [7, 11) is 0. The summed E-state index contributed by atoms with van der Waals surface area (Å²) in [5.41, 5.74) is 0. The molecule has 0 aromatic carbocycles. The van der Waals surface area contributed by atoms with E-state index in [9.17, 15) is 0 Å². The summed E-state index contributed by atoms with van der Waals surface area (Å²) in [6.45, 7) is 2.56. The molecular weight excluding hydrogens is 363 g/mol. The lowest BCUT2D eigenvalue weighted by Crippen LogP contribution is -2.20. The minimum Gasteiger partial charge on any atom is -0.293 e. The van der Waals surface area contributed by atoms with Crippen LogP contribution in [-0.4, -0.2) is 40.4 Å². The van der Waals surface area contributed by atoms with Gasteiger partial charge in [0, 0.05) is 27.9 Å². The van der Waals surface area contributed by atoms with E-state index in [1.807, 2.05) is 18.0 Å². The van der Waals surface area contributed by atoms with E-state index in [-0.39, 0.29) is 0 Å². The molecule has 0 aliphatic carbocycles. The van der Waals surface area contributed by atoms with E-state index in [1.54, 1.807) is 0 Å². The Kier molecular flexibility index (Phi) is 6.46. The number of hydrogen-bond donors (Lipinski definition) is 0. The quantitative estimate of drug-likeness (QED) is 0.426. The van der Waals surface area contributed by atoms with Gasteiger partial charge in [0.2, 0.25) is 0 Å². The fourth-order valence-corrected chi connectivity index (χ4v) is 3.89. The molecule has 94 valence electrons. The predicted molar refractivity (Wildman–Crippen MR) is 85.8 cm³/mol. The van der Waals surface area contributed by atoms with Crippen molar-refractivity contribution in [2.75, 3.05) is 30.5 Å². The lowest BCUT2D eigenvalue weighted by Gasteiger charge is -2.12. The molecule has 2 rings (SSSR count). The average molecular weight is 380 g/mol. The van der Waals surface area contributed by atoms with Crippen LogP contribution in [0.25, 0.3) is 0 Å². The van der Waals surface area contributed by atoms with Gasteiger partial charge < -0.3 is 0 Å². The van der Waals surface area contributed by atoms with Crippen LogP contribution < -0.4 is 0 Å². The molecular formula is C12H17IN2S2. The fourth-order valence-electron chi connectivity index (χ4n) is 1.69. The lowest BCUT2D eigenvalue weighted by molar-refractivity contribution is 0.349. The van der Waals surface area contributed by atoms with Gasteiger partial charge in [-0.05, 0) is 59.9 Å². The van der Waals surface area contributed by atoms with Gasteiger partial charge in [-0.3, -0.25) is 4.90 Å². The van der Waals surface area contributed by atoms with Crippen LogP contribution in [-0.2, 0) is 0 Å². The standard InChI is InChI=1S/C12H17IN2S2/c13-11-3-4-12(14-9-11)17-7-2-1-5-15-6-8-16-10-15/h3-4,9H,1-2,5-8,10H2. The van der Waals surface area contributed by atoms with Crippen LogP contribution in [0.4, 0.5) is 0 Å². The van der Waals surface area contributed by atoms with E-state index in [0.29, 0.717) is 0 Å². The molecule has 5 heteroatoms. The molecule has 1 aliphatic heterocycles. The minimum atomic E-state index is 1.15. The molecule has 0 spiro atoms. The Labute approximate surface area is 125 Å². The fraction of sp³-hybridized carbons (Fsp3) is 0.583. The van der Waals surface area contributed by atoms with Crippen LogP contribution in [0, 0.1) is 3.57 Å². The van der Waals surface area contributed by atoms with Gasteiger partial charge in [-0.25, -0.2) is 4.98 Å². The number of pyridine rings is 1. The summed E-state index contributed by atoms with van der Waals surface area (Å²) in [5.74, 6) is 3.75. The van der Waals surface area contributed by atoms with Crippen molar-refractivity contribution >= 4 is 46.1 Å². The Morgan fingerprint density at radius 1 is 1.41 bits per heavy atom. The van der Waals surface area contributed by atoms with Crippen molar-refractivity contribution in [1.82, 2.24) is 9.88 Å². The smallest absolute Gasteiger partial charge is 0.0960 e. The normalized spacial score (nSPS) is 16.5. The van der Waals surface area contributed by atoms with Gasteiger partial charge in [0.25, 0.3) is 0 Å². The van der Waals surface area contributed by atoms with E-state index in [2.05, 4.69) is 56.4 Å². The number of hydrogen-bond acceptors (Lipinski definition) is 4. The second-order valence-corrected chi connectivity index (χ2v) is 7.46. The maximum absolute atomic E-state index is 4.40. The average Bonchev–Trinajstić information content (AvgIpc) is 2.84. The van der Waals surface area contributed by atoms with Crippen molar-refractivity contribution in [3.63, 3.8) is 0 Å². The van der Waals surface area contributed by atoms with Crippen LogP contribution in [0.5, 0.6) is 0 Å². The van der Waals surface area contributed by atoms with E-state index < -0.39 is 0 Å². The minimum absolute atomic E-state index is 1.15. The largest absolute Gasteiger partial charge is 0.293 e. The summed E-state index contributed by atoms with van der Waals surface area (Å²) in [4.78, 5) is 6.95. The highest BCUT2D eigenvalue weighted by molar-refractivity contribution is 14.1. The first-order valence-electron chi connectivity index (χ1n) is 5.89. The van der Waals surface area contributed by atoms with Crippen LogP contribution in [0.1, 0.15) is 12.8 Å². The molecule has 0 atom stereocenters. The van der Waals surface area contributed by atoms with E-state index in [1.165, 1.54) is 46.9 Å². The van der Waals surface area contributed by atoms with Crippen LogP contribution >= 0.6 is 46.1 Å². The molecule has 2 heterocycles. The summed E-state index contributed by atoms with van der Waals surface area (Å²) in [6, 6.07) is 4.24. The monoisotopic (exact) mass is 380 g/mol. The Morgan fingerprint density at radius 3 is 3.06 bits per heavy atom. The maximum Gasteiger partial charge on any atom is 0.0960 e. The summed E-state index contributed by atoms with van der Waals surface area (Å²) in [6.07, 6.45) is 4.54. The Hall–Kier alpha value is 0.540. The molecule has 1 saturated heterocycles. The van der Waals surface area contributed by atoms with Gasteiger partial charge in [0.05, 0.1) is 5.03 Å². The van der Waals surface area contributed by atoms with Gasteiger partial charge in [-0.1, -0.05) is 0 Å². The van der Waals surface area contributed by atoms with Crippen molar-refractivity contribution < 1.29 is 0 Å². The molecule has 2 nitrogen and oxygen atoms in total. The van der Waals surface area contributed by atoms with Crippen LogP contribution in [0.3, 0.4) is 0 Å². The number of rotatable bonds is 6. The highest BCUT2D eigenvalue weighted by atomic mass is 127. The van der Waals surface area contributed by atoms with Crippen LogP contribution in [0.15, 0.2) is 23.4 Å². The molecule has 0 N–H and O–H groups in total. The lowest BCUT2D eigenvalue weighted by atomic mass is 10.3. The first kappa shape index (κ1) is 14.0. The van der Waals surface area contributed by atoms with Crippen molar-refractivity contribution in [1.29, 1.82) is 0 Å². The summed E-state index contributed by atoms with van der Waals surface area (Å²) < 4.78 is 1.21. The zero-order valence-corrected chi connectivity index (χ0v) is 13.6. The molecule has 0 bridgehead atoms. The number of aromatic nitrogens is 1. The van der Waals surface area contributed by atoms with Gasteiger partial charge in [0.1, 0.15) is 0 Å². The molecule has 0 saturated carbocycles. The zero-order chi connectivity index (χ0) is 11.9. The number of thioether (sulfide) groups is 2. The Morgan fingerprint density at radius 2 is 2.35 bits per heavy atom. The summed E-state index contributed by atoms with van der Waals surface area (Å²) >= 11 is 6.22. The van der Waals surface area contributed by atoms with Crippen molar-refractivity contribution in [3.8, 4) is 0 Å². The van der Waals surface area contributed by atoms with Gasteiger partial charge in [-0.2, -0.15) is 0 Å². The third-order valence-corrected chi connectivity index (χ3v) is 5.33. The molecule has 0 amide bonds. The number of halogens is 1. The van der Waals surface area contributed by atoms with Crippen molar-refractivity contribution in [2.24, 2.45) is 0 Å². The molecule has 1 aromatic rings. The summed E-state index contributed by atoms with van der Waals surface area (Å²) in [5, 5.41) is 1.15. The molecule has 0 radical (unpaired) electrons. The SMILES string of the molecule is Ic1ccc(SCCCCN2CCSC2)nc1. The third kappa shape index (κ3) is 5.36. The second-order valence-electron chi connectivity index (χ2n) is 4.03.